The molecule has 0 aliphatic carbocycles. The summed E-state index contributed by atoms with van der Waals surface area (Å²) in [6, 6.07) is 0. The third-order valence-corrected chi connectivity index (χ3v) is 19.0. The number of unbranched alkanes of at least 4 members (excludes halogenated alkanes) is 35. The molecule has 0 fully saturated rings. The predicted molar refractivity (Wildman–Crippen MR) is 381 cm³/mol. The smallest absolute Gasteiger partial charge is 0.462 e. The summed E-state index contributed by atoms with van der Waals surface area (Å²) in [4.78, 5) is 72.8. The van der Waals surface area contributed by atoms with Gasteiger partial charge in [-0.3, -0.25) is 37.3 Å². The minimum atomic E-state index is -4.96. The van der Waals surface area contributed by atoms with Gasteiger partial charge in [-0.2, -0.15) is 0 Å². The van der Waals surface area contributed by atoms with E-state index in [1.807, 2.05) is 0 Å². The summed E-state index contributed by atoms with van der Waals surface area (Å²) in [7, 11) is -9.92. The van der Waals surface area contributed by atoms with E-state index in [4.69, 9.17) is 37.0 Å². The van der Waals surface area contributed by atoms with E-state index in [9.17, 15) is 43.2 Å². The molecule has 0 aromatic rings. The van der Waals surface area contributed by atoms with Gasteiger partial charge in [-0.15, -0.1) is 0 Å². The Morgan fingerprint density at radius 3 is 0.947 bits per heavy atom. The number of hydrogen-bond donors (Lipinski definition) is 3. The van der Waals surface area contributed by atoms with Crippen LogP contribution in [0.3, 0.4) is 0 Å². The summed E-state index contributed by atoms with van der Waals surface area (Å²) < 4.78 is 68.5. The molecule has 554 valence electrons. The summed E-state index contributed by atoms with van der Waals surface area (Å²) in [5, 5.41) is 10.6. The molecule has 0 aliphatic rings. The minimum absolute atomic E-state index is 0.0845. The van der Waals surface area contributed by atoms with Crippen molar-refractivity contribution in [1.82, 2.24) is 0 Å². The maximum atomic E-state index is 13.1. The lowest BCUT2D eigenvalue weighted by Gasteiger charge is -2.21. The van der Waals surface area contributed by atoms with Gasteiger partial charge in [-0.25, -0.2) is 9.13 Å². The molecule has 19 heteroatoms. The highest BCUT2D eigenvalue weighted by atomic mass is 31.2. The Kier molecular flexibility index (Phi) is 63.5. The SMILES string of the molecule is CCCCCC/C=C\C=C/CCCCCCCC(=O)O[C@H](COC(=O)CCCCCCCCCCCCCC(C)C)COP(=O)(O)OC[C@@H](O)COP(=O)(O)OC[C@@H](COC(=O)CCCCCCCCCCC(C)CC)OC(=O)CCCCCCCCCCCCC(C)C. The second-order valence-electron chi connectivity index (χ2n) is 27.5. The summed E-state index contributed by atoms with van der Waals surface area (Å²) in [6.45, 7) is 11.8. The molecule has 3 unspecified atom stereocenters. The normalized spacial score (nSPS) is 14.6. The van der Waals surface area contributed by atoms with Crippen LogP contribution in [0, 0.1) is 17.8 Å². The fraction of sp³-hybridized carbons (Fsp3) is 0.893. The largest absolute Gasteiger partial charge is 0.472 e. The minimum Gasteiger partial charge on any atom is -0.462 e. The topological polar surface area (TPSA) is 237 Å². The molecule has 0 heterocycles. The molecule has 0 bridgehead atoms. The molecule has 0 saturated heterocycles. The highest BCUT2D eigenvalue weighted by Crippen LogP contribution is 2.45. The molecule has 0 radical (unpaired) electrons. The zero-order valence-corrected chi connectivity index (χ0v) is 62.7. The van der Waals surface area contributed by atoms with Crippen LogP contribution in [0.2, 0.25) is 0 Å². The molecule has 6 atom stereocenters. The number of esters is 4. The number of aliphatic hydroxyl groups is 1. The molecular weight excluding hydrogens is 1230 g/mol. The van der Waals surface area contributed by atoms with Gasteiger partial charge in [0.1, 0.15) is 19.3 Å². The predicted octanol–water partition coefficient (Wildman–Crippen LogP) is 21.3. The van der Waals surface area contributed by atoms with Crippen molar-refractivity contribution in [2.24, 2.45) is 17.8 Å². The van der Waals surface area contributed by atoms with Crippen LogP contribution in [-0.4, -0.2) is 96.7 Å². The Balaban J connectivity index is 5.31. The fourth-order valence-corrected chi connectivity index (χ4v) is 12.4. The van der Waals surface area contributed by atoms with Gasteiger partial charge in [-0.1, -0.05) is 304 Å². The Morgan fingerprint density at radius 2 is 0.628 bits per heavy atom. The molecule has 0 spiro atoms. The Bertz CT molecular complexity index is 1930. The number of ether oxygens (including phenoxy) is 4. The first-order chi connectivity index (χ1) is 45.3. The maximum absolute atomic E-state index is 13.1. The molecule has 0 aromatic heterocycles. The summed E-state index contributed by atoms with van der Waals surface area (Å²) in [6.07, 6.45) is 53.4. The van der Waals surface area contributed by atoms with Crippen LogP contribution in [0.15, 0.2) is 24.3 Å². The van der Waals surface area contributed by atoms with E-state index >= 15 is 0 Å². The Labute approximate surface area is 573 Å². The van der Waals surface area contributed by atoms with Crippen molar-refractivity contribution < 1.29 is 80.2 Å². The van der Waals surface area contributed by atoms with Gasteiger partial charge in [0.2, 0.25) is 0 Å². The first-order valence-corrected chi connectivity index (χ1v) is 41.2. The number of allylic oxidation sites excluding steroid dienone is 4. The standard InChI is InChI=1S/C75H142O17P2/c1-8-10-11-12-13-14-15-16-17-18-21-28-37-44-51-58-74(79)91-70(62-85-72(77)56-49-42-35-27-22-19-20-25-32-39-46-53-66(3)4)64-89-93(81,82)87-60-69(76)61-88-94(83,84)90-65-71(63-86-73(78)57-50-43-36-31-30-34-41-48-55-68(7)9-2)92-75(80)59-52-45-38-29-24-23-26-33-40-47-54-67(5)6/h14-17,66-71,76H,8-13,18-65H2,1-7H3,(H,81,82)(H,83,84)/b15-14-,17-16-/t68?,69-,70-,71-/m1/s1. The Morgan fingerprint density at radius 1 is 0.351 bits per heavy atom. The molecular formula is C75H142O17P2. The van der Waals surface area contributed by atoms with Crippen molar-refractivity contribution in [3.63, 3.8) is 0 Å². The van der Waals surface area contributed by atoms with Crippen molar-refractivity contribution in [2.45, 2.75) is 375 Å². The van der Waals surface area contributed by atoms with Gasteiger partial charge < -0.3 is 33.8 Å². The lowest BCUT2D eigenvalue weighted by molar-refractivity contribution is -0.161. The van der Waals surface area contributed by atoms with Crippen molar-refractivity contribution >= 4 is 39.5 Å². The van der Waals surface area contributed by atoms with Gasteiger partial charge in [0.05, 0.1) is 26.4 Å². The van der Waals surface area contributed by atoms with Crippen molar-refractivity contribution in [3.05, 3.63) is 24.3 Å². The number of carbonyl (C=O) groups is 4. The van der Waals surface area contributed by atoms with Crippen LogP contribution < -0.4 is 0 Å². The number of rotatable bonds is 71. The molecule has 0 amide bonds. The van der Waals surface area contributed by atoms with Gasteiger partial charge in [0.25, 0.3) is 0 Å². The van der Waals surface area contributed by atoms with Crippen LogP contribution in [0.4, 0.5) is 0 Å². The average Bonchev–Trinajstić information content (AvgIpc) is 1.18. The number of phosphoric ester groups is 2. The number of carbonyl (C=O) groups excluding carboxylic acids is 4. The average molecular weight is 1380 g/mol. The first-order valence-electron chi connectivity index (χ1n) is 38.2. The molecule has 94 heavy (non-hydrogen) atoms. The quantitative estimate of drug-likeness (QED) is 0.0169. The van der Waals surface area contributed by atoms with Gasteiger partial charge in [0.15, 0.2) is 12.2 Å². The third-order valence-electron chi connectivity index (χ3n) is 17.1. The fourth-order valence-electron chi connectivity index (χ4n) is 10.9. The van der Waals surface area contributed by atoms with Gasteiger partial charge >= 0.3 is 39.5 Å². The van der Waals surface area contributed by atoms with Crippen LogP contribution in [0.5, 0.6) is 0 Å². The number of aliphatic hydroxyl groups excluding tert-OH is 1. The highest BCUT2D eigenvalue weighted by molar-refractivity contribution is 7.47. The van der Waals surface area contributed by atoms with Crippen molar-refractivity contribution in [2.75, 3.05) is 39.6 Å². The van der Waals surface area contributed by atoms with E-state index in [0.29, 0.717) is 25.7 Å². The zero-order chi connectivity index (χ0) is 69.4. The Hall–Kier alpha value is -2.46. The van der Waals surface area contributed by atoms with Crippen molar-refractivity contribution in [1.29, 1.82) is 0 Å². The van der Waals surface area contributed by atoms with Crippen LogP contribution >= 0.6 is 15.6 Å². The van der Waals surface area contributed by atoms with E-state index in [0.717, 1.165) is 120 Å². The molecule has 0 rings (SSSR count). The summed E-state index contributed by atoms with van der Waals surface area (Å²) in [5.74, 6) is 0.145. The van der Waals surface area contributed by atoms with E-state index in [-0.39, 0.29) is 25.7 Å². The first kappa shape index (κ1) is 91.5. The van der Waals surface area contributed by atoms with E-state index in [1.54, 1.807) is 0 Å². The zero-order valence-electron chi connectivity index (χ0n) is 60.9. The monoisotopic (exact) mass is 1380 g/mol. The lowest BCUT2D eigenvalue weighted by atomic mass is 9.99. The second kappa shape index (κ2) is 65.2. The van der Waals surface area contributed by atoms with E-state index < -0.39 is 97.5 Å². The highest BCUT2D eigenvalue weighted by Gasteiger charge is 2.30. The number of hydrogen-bond acceptors (Lipinski definition) is 15. The lowest BCUT2D eigenvalue weighted by Crippen LogP contribution is -2.30. The van der Waals surface area contributed by atoms with Crippen LogP contribution in [0.25, 0.3) is 0 Å². The van der Waals surface area contributed by atoms with E-state index in [2.05, 4.69) is 72.8 Å². The molecule has 0 saturated carbocycles. The molecule has 3 N–H and O–H groups in total. The van der Waals surface area contributed by atoms with E-state index in [1.165, 1.54) is 154 Å². The van der Waals surface area contributed by atoms with Crippen LogP contribution in [0.1, 0.15) is 357 Å². The summed E-state index contributed by atoms with van der Waals surface area (Å²) in [5.41, 5.74) is 0. The number of phosphoric acid groups is 2. The van der Waals surface area contributed by atoms with Gasteiger partial charge in [0, 0.05) is 25.7 Å². The molecule has 0 aromatic carbocycles. The second-order valence-corrected chi connectivity index (χ2v) is 30.5. The summed E-state index contributed by atoms with van der Waals surface area (Å²) >= 11 is 0. The maximum Gasteiger partial charge on any atom is 0.472 e. The van der Waals surface area contributed by atoms with Crippen LogP contribution in [-0.2, 0) is 65.4 Å². The van der Waals surface area contributed by atoms with Crippen molar-refractivity contribution in [3.8, 4) is 0 Å². The van der Waals surface area contributed by atoms with Gasteiger partial charge in [-0.05, 0) is 69.1 Å². The molecule has 17 nitrogen and oxygen atoms in total. The molecule has 0 aliphatic heterocycles. The third kappa shape index (κ3) is 66.8.